The predicted molar refractivity (Wildman–Crippen MR) is 124 cm³/mol. The molecule has 2 aliphatic rings. The molecule has 152 valence electrons. The molecule has 0 unspecified atom stereocenters. The average molecular weight is 481 g/mol. The molecule has 6 heteroatoms. The molecule has 5 rings (SSSR count). The highest BCUT2D eigenvalue weighted by atomic mass is 79.9. The van der Waals surface area contributed by atoms with E-state index in [0.717, 1.165) is 44.8 Å². The third-order valence-corrected chi connectivity index (χ3v) is 6.79. The van der Waals surface area contributed by atoms with Crippen LogP contribution in [-0.4, -0.2) is 24.1 Å². The van der Waals surface area contributed by atoms with Crippen LogP contribution in [-0.2, 0) is 0 Å². The van der Waals surface area contributed by atoms with E-state index in [9.17, 15) is 0 Å². The molecule has 2 atom stereocenters. The maximum absolute atomic E-state index is 6.46. The van der Waals surface area contributed by atoms with Gasteiger partial charge in [-0.25, -0.2) is 5.01 Å². The van der Waals surface area contributed by atoms with Gasteiger partial charge in [0.1, 0.15) is 11.5 Å². The first kappa shape index (κ1) is 19.5. The van der Waals surface area contributed by atoms with E-state index >= 15 is 0 Å². The van der Waals surface area contributed by atoms with E-state index in [4.69, 9.17) is 14.6 Å². The highest BCUT2D eigenvalue weighted by Gasteiger charge is 2.41. The Morgan fingerprint density at radius 1 is 1.10 bits per heavy atom. The van der Waals surface area contributed by atoms with Gasteiger partial charge in [-0.05, 0) is 48.7 Å². The summed E-state index contributed by atoms with van der Waals surface area (Å²) in [5.41, 5.74) is 4.38. The van der Waals surface area contributed by atoms with Crippen molar-refractivity contribution in [2.75, 3.05) is 13.4 Å². The number of benzene rings is 3. The lowest BCUT2D eigenvalue weighted by Crippen LogP contribution is -2.33. The lowest BCUT2D eigenvalue weighted by atomic mass is 9.96. The van der Waals surface area contributed by atoms with Crippen molar-refractivity contribution in [2.45, 2.75) is 23.6 Å². The summed E-state index contributed by atoms with van der Waals surface area (Å²) in [6.45, 7) is 0. The highest BCUT2D eigenvalue weighted by Crippen LogP contribution is 2.48. The van der Waals surface area contributed by atoms with Crippen LogP contribution in [0.3, 0.4) is 0 Å². The molecule has 0 saturated carbocycles. The second-order valence-electron chi connectivity index (χ2n) is 7.30. The van der Waals surface area contributed by atoms with Crippen molar-refractivity contribution in [3.8, 4) is 11.5 Å². The van der Waals surface area contributed by atoms with Gasteiger partial charge in [-0.1, -0.05) is 40.2 Å². The van der Waals surface area contributed by atoms with E-state index in [-0.39, 0.29) is 12.3 Å². The summed E-state index contributed by atoms with van der Waals surface area (Å²) >= 11 is 5.35. The molecule has 0 radical (unpaired) electrons. The minimum absolute atomic E-state index is 0.123. The fourth-order valence-corrected chi connectivity index (χ4v) is 4.81. The van der Waals surface area contributed by atoms with E-state index in [0.29, 0.717) is 0 Å². The van der Waals surface area contributed by atoms with Crippen molar-refractivity contribution in [1.29, 1.82) is 0 Å². The van der Waals surface area contributed by atoms with E-state index in [1.165, 1.54) is 4.90 Å². The maximum atomic E-state index is 6.46. The molecule has 2 heterocycles. The number of hydrazone groups is 1. The van der Waals surface area contributed by atoms with Gasteiger partial charge in [0.05, 0.1) is 18.9 Å². The Kier molecular flexibility index (Phi) is 5.21. The minimum atomic E-state index is -0.261. The van der Waals surface area contributed by atoms with E-state index in [2.05, 4.69) is 63.6 Å². The first-order valence-electron chi connectivity index (χ1n) is 9.76. The number of fused-ring (bicyclic) bond motifs is 3. The number of rotatable bonds is 4. The Hall–Kier alpha value is -2.44. The molecule has 3 aromatic carbocycles. The van der Waals surface area contributed by atoms with Crippen LogP contribution in [0.2, 0.25) is 0 Å². The number of thioether (sulfide) groups is 1. The first-order valence-corrected chi connectivity index (χ1v) is 11.8. The van der Waals surface area contributed by atoms with Gasteiger partial charge in [-0.15, -0.1) is 11.8 Å². The van der Waals surface area contributed by atoms with Gasteiger partial charge < -0.3 is 9.47 Å². The third-order valence-electron chi connectivity index (χ3n) is 5.56. The molecule has 0 aliphatic carbocycles. The summed E-state index contributed by atoms with van der Waals surface area (Å²) in [5, 5.41) is 7.14. The van der Waals surface area contributed by atoms with Crippen LogP contribution in [0.15, 0.2) is 81.2 Å². The van der Waals surface area contributed by atoms with Gasteiger partial charge in [-0.3, -0.25) is 0 Å². The van der Waals surface area contributed by atoms with E-state index in [1.807, 2.05) is 30.3 Å². The monoisotopic (exact) mass is 480 g/mol. The fraction of sp³-hybridized carbons (Fsp3) is 0.208. The molecular weight excluding hydrogens is 460 g/mol. The molecule has 0 bridgehead atoms. The van der Waals surface area contributed by atoms with Gasteiger partial charge in [0, 0.05) is 32.5 Å². The third kappa shape index (κ3) is 3.48. The highest BCUT2D eigenvalue weighted by molar-refractivity contribution is 9.10. The van der Waals surface area contributed by atoms with Gasteiger partial charge in [-0.2, -0.15) is 5.10 Å². The first-order chi connectivity index (χ1) is 14.7. The molecule has 0 saturated heterocycles. The Morgan fingerprint density at radius 3 is 2.70 bits per heavy atom. The van der Waals surface area contributed by atoms with Crippen LogP contribution in [0, 0.1) is 0 Å². The second-order valence-corrected chi connectivity index (χ2v) is 9.10. The molecule has 0 spiro atoms. The van der Waals surface area contributed by atoms with Crippen molar-refractivity contribution < 1.29 is 9.47 Å². The lowest BCUT2D eigenvalue weighted by Gasteiger charge is -2.38. The molecule has 4 nitrogen and oxygen atoms in total. The number of methoxy groups -OCH3 is 1. The largest absolute Gasteiger partial charge is 0.497 e. The SMILES string of the molecule is COc1cccc(C2=NN3[C@H](C2)c2cc(Br)ccc2O[C@@H]3c2ccc(SC)cc2)c1. The van der Waals surface area contributed by atoms with Gasteiger partial charge in [0.2, 0.25) is 6.23 Å². The molecule has 0 amide bonds. The minimum Gasteiger partial charge on any atom is -0.497 e. The number of hydrogen-bond acceptors (Lipinski definition) is 5. The number of ether oxygens (including phenoxy) is 2. The molecule has 2 aliphatic heterocycles. The van der Waals surface area contributed by atoms with E-state index < -0.39 is 0 Å². The average Bonchev–Trinajstić information content (AvgIpc) is 3.25. The summed E-state index contributed by atoms with van der Waals surface area (Å²) in [4.78, 5) is 1.23. The van der Waals surface area contributed by atoms with Gasteiger partial charge >= 0.3 is 0 Å². The predicted octanol–water partition coefficient (Wildman–Crippen LogP) is 6.42. The van der Waals surface area contributed by atoms with Crippen molar-refractivity contribution in [1.82, 2.24) is 5.01 Å². The Balaban J connectivity index is 1.58. The summed E-state index contributed by atoms with van der Waals surface area (Å²) in [7, 11) is 1.69. The molecular formula is C24H21BrN2O2S. The zero-order valence-electron chi connectivity index (χ0n) is 16.7. The molecule has 3 aromatic rings. The number of halogens is 1. The van der Waals surface area contributed by atoms with E-state index in [1.54, 1.807) is 18.9 Å². The van der Waals surface area contributed by atoms with Crippen molar-refractivity contribution in [3.63, 3.8) is 0 Å². The van der Waals surface area contributed by atoms with Crippen molar-refractivity contribution >= 4 is 33.4 Å². The molecule has 0 fully saturated rings. The summed E-state index contributed by atoms with van der Waals surface area (Å²) in [6.07, 6.45) is 2.64. The van der Waals surface area contributed by atoms with Crippen LogP contribution in [0.5, 0.6) is 11.5 Å². The second kappa shape index (κ2) is 8.00. The Morgan fingerprint density at radius 2 is 1.93 bits per heavy atom. The summed E-state index contributed by atoms with van der Waals surface area (Å²) in [5.74, 6) is 1.75. The molecule has 0 N–H and O–H groups in total. The maximum Gasteiger partial charge on any atom is 0.213 e. The smallest absolute Gasteiger partial charge is 0.213 e. The Labute approximate surface area is 189 Å². The standard InChI is InChI=1S/C24H21BrN2O2S/c1-28-18-5-3-4-16(12-18)21-14-22-20-13-17(25)8-11-23(20)29-24(27(22)26-21)15-6-9-19(30-2)10-7-15/h3-13,22,24H,14H2,1-2H3/t22-,24-/m1/s1. The lowest BCUT2D eigenvalue weighted by molar-refractivity contribution is -0.0191. The quantitative estimate of drug-likeness (QED) is 0.403. The fourth-order valence-electron chi connectivity index (χ4n) is 4.02. The van der Waals surface area contributed by atoms with Crippen LogP contribution in [0.25, 0.3) is 0 Å². The normalized spacial score (nSPS) is 19.6. The molecule has 0 aromatic heterocycles. The van der Waals surface area contributed by atoms with Crippen LogP contribution >= 0.6 is 27.7 Å². The number of nitrogens with zero attached hydrogens (tertiary/aromatic N) is 2. The zero-order valence-corrected chi connectivity index (χ0v) is 19.1. The van der Waals surface area contributed by atoms with Crippen LogP contribution in [0.4, 0.5) is 0 Å². The summed E-state index contributed by atoms with van der Waals surface area (Å²) < 4.78 is 12.9. The number of hydrogen-bond donors (Lipinski definition) is 0. The van der Waals surface area contributed by atoms with Crippen LogP contribution in [0.1, 0.15) is 35.4 Å². The zero-order chi connectivity index (χ0) is 20.7. The molecule has 30 heavy (non-hydrogen) atoms. The van der Waals surface area contributed by atoms with Crippen molar-refractivity contribution in [2.24, 2.45) is 5.10 Å². The summed E-state index contributed by atoms with van der Waals surface area (Å²) in [6, 6.07) is 23.0. The van der Waals surface area contributed by atoms with Crippen molar-refractivity contribution in [3.05, 3.63) is 87.9 Å². The van der Waals surface area contributed by atoms with Crippen LogP contribution < -0.4 is 9.47 Å². The van der Waals surface area contributed by atoms with Gasteiger partial charge in [0.25, 0.3) is 0 Å². The topological polar surface area (TPSA) is 34.1 Å². The van der Waals surface area contributed by atoms with Gasteiger partial charge in [0.15, 0.2) is 0 Å². The Bertz CT molecular complexity index is 1120.